The molecule has 0 radical (unpaired) electrons. The van der Waals surface area contributed by atoms with Gasteiger partial charge in [0.1, 0.15) is 0 Å². The predicted molar refractivity (Wildman–Crippen MR) is 93.3 cm³/mol. The molecule has 2 aliphatic heterocycles. The van der Waals surface area contributed by atoms with Crippen molar-refractivity contribution in [1.29, 1.82) is 0 Å². The molecule has 4 rings (SSSR count). The molecular weight excluding hydrogens is 316 g/mol. The number of hydrogen-bond acceptors (Lipinski definition) is 3. The Balaban J connectivity index is 0.00000144. The number of rotatable bonds is 1. The lowest BCUT2D eigenvalue weighted by atomic mass is 9.77. The molecule has 3 aliphatic rings. The highest BCUT2D eigenvalue weighted by Gasteiger charge is 2.38. The number of likely N-dealkylation sites (tertiary alicyclic amines) is 1. The van der Waals surface area contributed by atoms with E-state index < -0.39 is 0 Å². The summed E-state index contributed by atoms with van der Waals surface area (Å²) in [6, 6.07) is 0. The Morgan fingerprint density at radius 2 is 1.95 bits per heavy atom. The predicted octanol–water partition coefficient (Wildman–Crippen LogP) is 3.26. The number of amides is 1. The van der Waals surface area contributed by atoms with Crippen molar-refractivity contribution in [2.45, 2.75) is 44.9 Å². The highest BCUT2D eigenvalue weighted by atomic mass is 35.5. The number of fused-ring (bicyclic) bond motifs is 1. The van der Waals surface area contributed by atoms with Crippen molar-refractivity contribution < 1.29 is 4.79 Å². The van der Waals surface area contributed by atoms with Crippen molar-refractivity contribution in [3.8, 4) is 0 Å². The maximum atomic E-state index is 12.9. The third kappa shape index (κ3) is 2.81. The Kier molecular flexibility index (Phi) is 4.81. The van der Waals surface area contributed by atoms with Gasteiger partial charge in [-0.15, -0.1) is 23.7 Å². The van der Waals surface area contributed by atoms with Crippen LogP contribution in [-0.2, 0) is 12.8 Å². The molecule has 0 aromatic carbocycles. The number of nitrogens with one attached hydrogen (secondary N) is 1. The topological polar surface area (TPSA) is 32.3 Å². The van der Waals surface area contributed by atoms with E-state index in [9.17, 15) is 4.79 Å². The minimum Gasteiger partial charge on any atom is -0.339 e. The highest BCUT2D eigenvalue weighted by Crippen LogP contribution is 2.38. The van der Waals surface area contributed by atoms with E-state index in [4.69, 9.17) is 0 Å². The van der Waals surface area contributed by atoms with E-state index >= 15 is 0 Å². The van der Waals surface area contributed by atoms with Gasteiger partial charge in [0.25, 0.3) is 5.91 Å². The van der Waals surface area contributed by atoms with E-state index in [-0.39, 0.29) is 12.4 Å². The first-order valence-corrected chi connectivity index (χ1v) is 9.25. The Morgan fingerprint density at radius 3 is 2.68 bits per heavy atom. The van der Waals surface area contributed by atoms with E-state index in [1.54, 1.807) is 11.3 Å². The highest BCUT2D eigenvalue weighted by molar-refractivity contribution is 7.10. The van der Waals surface area contributed by atoms with Crippen LogP contribution in [0.5, 0.6) is 0 Å². The molecule has 22 heavy (non-hydrogen) atoms. The van der Waals surface area contributed by atoms with E-state index in [0.717, 1.165) is 38.2 Å². The number of carbonyl (C=O) groups is 1. The van der Waals surface area contributed by atoms with Gasteiger partial charge in [-0.1, -0.05) is 0 Å². The summed E-state index contributed by atoms with van der Waals surface area (Å²) in [6.45, 7) is 4.21. The first-order chi connectivity index (χ1) is 10.3. The van der Waals surface area contributed by atoms with Gasteiger partial charge in [0, 0.05) is 29.9 Å². The summed E-state index contributed by atoms with van der Waals surface area (Å²) in [5.74, 6) is 0.301. The molecule has 0 unspecified atom stereocenters. The minimum atomic E-state index is 0. The van der Waals surface area contributed by atoms with Crippen LogP contribution in [0.1, 0.15) is 52.9 Å². The number of thiophene rings is 1. The van der Waals surface area contributed by atoms with Crippen LogP contribution in [0.3, 0.4) is 0 Å². The Hall–Kier alpha value is -0.580. The number of aryl methyl sites for hydroxylation is 1. The van der Waals surface area contributed by atoms with E-state index in [2.05, 4.69) is 15.6 Å². The fourth-order valence-corrected chi connectivity index (χ4v) is 5.37. The summed E-state index contributed by atoms with van der Waals surface area (Å²) in [5.41, 5.74) is 2.89. The van der Waals surface area contributed by atoms with Crippen LogP contribution >= 0.6 is 23.7 Å². The van der Waals surface area contributed by atoms with Gasteiger partial charge in [0.15, 0.2) is 0 Å². The summed E-state index contributed by atoms with van der Waals surface area (Å²) in [5, 5.41) is 5.62. The average Bonchev–Trinajstić information content (AvgIpc) is 3.15. The van der Waals surface area contributed by atoms with Gasteiger partial charge in [0.2, 0.25) is 0 Å². The molecule has 1 aromatic heterocycles. The molecule has 1 aliphatic carbocycles. The fraction of sp³-hybridized carbons (Fsp3) is 0.706. The molecule has 1 amide bonds. The second-order valence-electron chi connectivity index (χ2n) is 6.98. The van der Waals surface area contributed by atoms with E-state index in [0.29, 0.717) is 11.3 Å². The molecule has 3 heterocycles. The molecule has 2 fully saturated rings. The smallest absolute Gasteiger partial charge is 0.254 e. The Bertz CT molecular complexity index is 541. The molecule has 1 spiro atoms. The molecule has 5 heteroatoms. The second-order valence-corrected chi connectivity index (χ2v) is 7.94. The normalized spacial score (nSPS) is 23.2. The molecule has 1 aromatic rings. The van der Waals surface area contributed by atoms with Crippen LogP contribution in [0.15, 0.2) is 5.38 Å². The molecule has 2 saturated heterocycles. The van der Waals surface area contributed by atoms with Crippen molar-refractivity contribution in [3.63, 3.8) is 0 Å². The first-order valence-electron chi connectivity index (χ1n) is 8.37. The molecule has 122 valence electrons. The van der Waals surface area contributed by atoms with Gasteiger partial charge in [-0.3, -0.25) is 4.79 Å². The summed E-state index contributed by atoms with van der Waals surface area (Å²) >= 11 is 1.81. The lowest BCUT2D eigenvalue weighted by Gasteiger charge is -2.39. The van der Waals surface area contributed by atoms with Crippen LogP contribution in [0.25, 0.3) is 0 Å². The van der Waals surface area contributed by atoms with Crippen LogP contribution in [-0.4, -0.2) is 37.0 Å². The van der Waals surface area contributed by atoms with Gasteiger partial charge in [-0.25, -0.2) is 0 Å². The lowest BCUT2D eigenvalue weighted by molar-refractivity contribution is 0.0607. The third-order valence-electron chi connectivity index (χ3n) is 5.74. The number of piperidine rings is 1. The Labute approximate surface area is 142 Å². The van der Waals surface area contributed by atoms with Crippen molar-refractivity contribution in [2.24, 2.45) is 5.41 Å². The van der Waals surface area contributed by atoms with E-state index in [1.165, 1.54) is 49.0 Å². The largest absolute Gasteiger partial charge is 0.339 e. The lowest BCUT2D eigenvalue weighted by Crippen LogP contribution is -2.44. The minimum absolute atomic E-state index is 0. The molecule has 1 N–H and O–H groups in total. The maximum Gasteiger partial charge on any atom is 0.254 e. The summed E-state index contributed by atoms with van der Waals surface area (Å²) < 4.78 is 0. The SMILES string of the molecule is Cl.O=C(c1csc2c1CCCC2)N1CCC2(CCNC2)CC1. The second kappa shape index (κ2) is 6.50. The van der Waals surface area contributed by atoms with Crippen molar-refractivity contribution in [3.05, 3.63) is 21.4 Å². The zero-order valence-corrected chi connectivity index (χ0v) is 14.7. The standard InChI is InChI=1S/C17H24N2OS.ClH/c20-16(14-11-21-15-4-2-1-3-13(14)15)19-9-6-17(7-10-19)5-8-18-12-17;/h11,18H,1-10,12H2;1H. The van der Waals surface area contributed by atoms with Crippen LogP contribution in [0, 0.1) is 5.41 Å². The van der Waals surface area contributed by atoms with Crippen molar-refractivity contribution >= 4 is 29.7 Å². The fourth-order valence-electron chi connectivity index (χ4n) is 4.25. The van der Waals surface area contributed by atoms with Crippen molar-refractivity contribution in [2.75, 3.05) is 26.2 Å². The molecule has 3 nitrogen and oxygen atoms in total. The molecular formula is C17H25ClN2OS. The zero-order valence-electron chi connectivity index (χ0n) is 13.0. The quantitative estimate of drug-likeness (QED) is 0.851. The molecule has 0 bridgehead atoms. The maximum absolute atomic E-state index is 12.9. The number of hydrogen-bond donors (Lipinski definition) is 1. The number of carbonyl (C=O) groups excluding carboxylic acids is 1. The van der Waals surface area contributed by atoms with Crippen LogP contribution < -0.4 is 5.32 Å². The summed E-state index contributed by atoms with van der Waals surface area (Å²) in [7, 11) is 0. The van der Waals surface area contributed by atoms with Gasteiger partial charge in [-0.05, 0) is 62.5 Å². The van der Waals surface area contributed by atoms with Gasteiger partial charge < -0.3 is 10.2 Å². The van der Waals surface area contributed by atoms with Gasteiger partial charge >= 0.3 is 0 Å². The summed E-state index contributed by atoms with van der Waals surface area (Å²) in [6.07, 6.45) is 8.49. The molecule has 0 saturated carbocycles. The van der Waals surface area contributed by atoms with Crippen molar-refractivity contribution in [1.82, 2.24) is 10.2 Å². The monoisotopic (exact) mass is 340 g/mol. The number of nitrogens with zero attached hydrogens (tertiary/aromatic N) is 1. The average molecular weight is 341 g/mol. The van der Waals surface area contributed by atoms with Gasteiger partial charge in [-0.2, -0.15) is 0 Å². The third-order valence-corrected chi connectivity index (χ3v) is 6.82. The van der Waals surface area contributed by atoms with Crippen LogP contribution in [0.4, 0.5) is 0 Å². The van der Waals surface area contributed by atoms with Gasteiger partial charge in [0.05, 0.1) is 5.56 Å². The van der Waals surface area contributed by atoms with Crippen LogP contribution in [0.2, 0.25) is 0 Å². The summed E-state index contributed by atoms with van der Waals surface area (Å²) in [4.78, 5) is 16.4. The molecule has 0 atom stereocenters. The first kappa shape index (κ1) is 16.3. The Morgan fingerprint density at radius 1 is 1.18 bits per heavy atom. The number of halogens is 1. The zero-order chi connectivity index (χ0) is 14.3. The van der Waals surface area contributed by atoms with E-state index in [1.807, 2.05) is 0 Å².